The smallest absolute Gasteiger partial charge is 0.0589 e. The molecular formula is C12H24N2O. The molecule has 1 unspecified atom stereocenters. The molecule has 0 aromatic heterocycles. The molecule has 2 aliphatic rings. The molecule has 0 heterocycles. The number of ether oxygens (including phenoxy) is 1. The van der Waals surface area contributed by atoms with E-state index in [4.69, 9.17) is 4.74 Å². The maximum Gasteiger partial charge on any atom is 0.0589 e. The van der Waals surface area contributed by atoms with Gasteiger partial charge in [0.15, 0.2) is 0 Å². The first-order chi connectivity index (χ1) is 7.31. The molecule has 3 nitrogen and oxygen atoms in total. The Labute approximate surface area is 93.2 Å². The highest BCUT2D eigenvalue weighted by molar-refractivity contribution is 4.89. The molecule has 1 N–H and O–H groups in total. The van der Waals surface area contributed by atoms with Crippen molar-refractivity contribution < 1.29 is 4.74 Å². The third kappa shape index (κ3) is 3.74. The lowest BCUT2D eigenvalue weighted by Crippen LogP contribution is -2.43. The third-order valence-electron chi connectivity index (χ3n) is 3.41. The molecule has 2 saturated carbocycles. The summed E-state index contributed by atoms with van der Waals surface area (Å²) in [5, 5.41) is 3.61. The van der Waals surface area contributed by atoms with Gasteiger partial charge in [0.05, 0.1) is 6.61 Å². The van der Waals surface area contributed by atoms with Crippen LogP contribution in [0.1, 0.15) is 32.6 Å². The van der Waals surface area contributed by atoms with E-state index in [1.165, 1.54) is 25.7 Å². The maximum absolute atomic E-state index is 5.18. The summed E-state index contributed by atoms with van der Waals surface area (Å²) in [5.41, 5.74) is 0. The Bertz CT molecular complexity index is 190. The van der Waals surface area contributed by atoms with Crippen molar-refractivity contribution >= 4 is 0 Å². The third-order valence-corrected chi connectivity index (χ3v) is 3.41. The molecule has 88 valence electrons. The summed E-state index contributed by atoms with van der Waals surface area (Å²) in [5.74, 6) is 0. The highest BCUT2D eigenvalue weighted by Gasteiger charge is 2.32. The molecule has 0 spiro atoms. The Morgan fingerprint density at radius 2 is 2.07 bits per heavy atom. The van der Waals surface area contributed by atoms with Crippen molar-refractivity contribution in [1.29, 1.82) is 0 Å². The zero-order chi connectivity index (χ0) is 10.7. The minimum absolute atomic E-state index is 0.660. The van der Waals surface area contributed by atoms with Crippen LogP contribution in [0.2, 0.25) is 0 Å². The Kier molecular flexibility index (Phi) is 4.00. The van der Waals surface area contributed by atoms with Crippen molar-refractivity contribution in [3.05, 3.63) is 0 Å². The summed E-state index contributed by atoms with van der Waals surface area (Å²) in [6.45, 7) is 5.44. The van der Waals surface area contributed by atoms with Gasteiger partial charge in [0.25, 0.3) is 0 Å². The fourth-order valence-corrected chi connectivity index (χ4v) is 2.11. The summed E-state index contributed by atoms with van der Waals surface area (Å²) in [6.07, 6.45) is 5.54. The second-order valence-electron chi connectivity index (χ2n) is 4.99. The number of hydrogen-bond donors (Lipinski definition) is 1. The van der Waals surface area contributed by atoms with E-state index in [9.17, 15) is 0 Å². The van der Waals surface area contributed by atoms with E-state index in [1.807, 2.05) is 0 Å². The first-order valence-corrected chi connectivity index (χ1v) is 6.29. The lowest BCUT2D eigenvalue weighted by Gasteiger charge is -2.29. The molecule has 15 heavy (non-hydrogen) atoms. The van der Waals surface area contributed by atoms with E-state index < -0.39 is 0 Å². The molecule has 2 aliphatic carbocycles. The molecule has 0 saturated heterocycles. The average Bonchev–Trinajstić information content (AvgIpc) is 3.08. The molecule has 3 heteroatoms. The van der Waals surface area contributed by atoms with Crippen LogP contribution in [0.5, 0.6) is 0 Å². The number of nitrogens with one attached hydrogen (secondary N) is 1. The summed E-state index contributed by atoms with van der Waals surface area (Å²) >= 11 is 0. The molecule has 0 aromatic rings. The summed E-state index contributed by atoms with van der Waals surface area (Å²) in [7, 11) is 1.79. The van der Waals surface area contributed by atoms with E-state index in [0.717, 1.165) is 31.8 Å². The van der Waals surface area contributed by atoms with E-state index >= 15 is 0 Å². The van der Waals surface area contributed by atoms with Gasteiger partial charge in [-0.2, -0.15) is 0 Å². The molecule has 0 amide bonds. The van der Waals surface area contributed by atoms with Crippen LogP contribution in [0.25, 0.3) is 0 Å². The Morgan fingerprint density at radius 1 is 1.33 bits per heavy atom. The largest absolute Gasteiger partial charge is 0.383 e. The van der Waals surface area contributed by atoms with Crippen LogP contribution in [-0.4, -0.2) is 49.8 Å². The molecule has 0 radical (unpaired) electrons. The number of methoxy groups -OCH3 is 1. The van der Waals surface area contributed by atoms with E-state index in [0.29, 0.717) is 6.04 Å². The monoisotopic (exact) mass is 212 g/mol. The topological polar surface area (TPSA) is 24.5 Å². The van der Waals surface area contributed by atoms with Gasteiger partial charge in [0.1, 0.15) is 0 Å². The number of nitrogens with zero attached hydrogens (tertiary/aromatic N) is 1. The van der Waals surface area contributed by atoms with E-state index in [1.54, 1.807) is 7.11 Å². The van der Waals surface area contributed by atoms with Crippen LogP contribution >= 0.6 is 0 Å². The summed E-state index contributed by atoms with van der Waals surface area (Å²) in [6, 6.07) is 2.33. The molecule has 1 atom stereocenters. The van der Waals surface area contributed by atoms with Gasteiger partial charge in [-0.1, -0.05) is 0 Å². The van der Waals surface area contributed by atoms with Gasteiger partial charge in [-0.3, -0.25) is 4.90 Å². The first kappa shape index (κ1) is 11.4. The van der Waals surface area contributed by atoms with E-state index in [-0.39, 0.29) is 0 Å². The molecule has 0 aliphatic heterocycles. The zero-order valence-electron chi connectivity index (χ0n) is 10.0. The Morgan fingerprint density at radius 3 is 2.60 bits per heavy atom. The van der Waals surface area contributed by atoms with Crippen LogP contribution in [0, 0.1) is 0 Å². The van der Waals surface area contributed by atoms with Gasteiger partial charge in [0, 0.05) is 38.3 Å². The minimum Gasteiger partial charge on any atom is -0.383 e. The lowest BCUT2D eigenvalue weighted by molar-refractivity contribution is 0.118. The van der Waals surface area contributed by atoms with Gasteiger partial charge in [-0.25, -0.2) is 0 Å². The molecule has 0 aromatic carbocycles. The van der Waals surface area contributed by atoms with Crippen molar-refractivity contribution in [2.75, 3.05) is 26.8 Å². The number of rotatable bonds is 8. The fourth-order valence-electron chi connectivity index (χ4n) is 2.11. The van der Waals surface area contributed by atoms with Gasteiger partial charge < -0.3 is 10.1 Å². The number of hydrogen-bond acceptors (Lipinski definition) is 3. The summed E-state index contributed by atoms with van der Waals surface area (Å²) in [4.78, 5) is 2.61. The van der Waals surface area contributed by atoms with Crippen molar-refractivity contribution in [3.63, 3.8) is 0 Å². The zero-order valence-corrected chi connectivity index (χ0v) is 10.0. The molecule has 2 fully saturated rings. The highest BCUT2D eigenvalue weighted by atomic mass is 16.5. The molecular weight excluding hydrogens is 188 g/mol. The fraction of sp³-hybridized carbons (Fsp3) is 1.00. The van der Waals surface area contributed by atoms with Gasteiger partial charge >= 0.3 is 0 Å². The van der Waals surface area contributed by atoms with Crippen LogP contribution in [0.3, 0.4) is 0 Å². The second-order valence-corrected chi connectivity index (χ2v) is 4.99. The highest BCUT2D eigenvalue weighted by Crippen LogP contribution is 2.28. The molecule has 2 rings (SSSR count). The molecule has 0 bridgehead atoms. The van der Waals surface area contributed by atoms with Crippen molar-refractivity contribution in [2.24, 2.45) is 0 Å². The predicted octanol–water partition coefficient (Wildman–Crippen LogP) is 1.24. The Hall–Kier alpha value is -0.120. The van der Waals surface area contributed by atoms with Crippen LogP contribution in [-0.2, 0) is 4.74 Å². The minimum atomic E-state index is 0.660. The first-order valence-electron chi connectivity index (χ1n) is 6.29. The summed E-state index contributed by atoms with van der Waals surface area (Å²) < 4.78 is 5.18. The SMILES string of the molecule is COCCN(C(C)CNC1CC1)C1CC1. The second kappa shape index (κ2) is 5.28. The van der Waals surface area contributed by atoms with Crippen molar-refractivity contribution in [2.45, 2.75) is 50.7 Å². The van der Waals surface area contributed by atoms with Gasteiger partial charge in [-0.15, -0.1) is 0 Å². The van der Waals surface area contributed by atoms with Crippen molar-refractivity contribution in [3.8, 4) is 0 Å². The van der Waals surface area contributed by atoms with Crippen LogP contribution in [0.4, 0.5) is 0 Å². The Balaban J connectivity index is 1.69. The van der Waals surface area contributed by atoms with Crippen LogP contribution < -0.4 is 5.32 Å². The normalized spacial score (nSPS) is 23.4. The lowest BCUT2D eigenvalue weighted by atomic mass is 10.2. The van der Waals surface area contributed by atoms with Crippen molar-refractivity contribution in [1.82, 2.24) is 10.2 Å². The quantitative estimate of drug-likeness (QED) is 0.655. The standard InChI is InChI=1S/C12H24N2O/c1-10(9-13-11-3-4-11)14(7-8-15-2)12-5-6-12/h10-13H,3-9H2,1-2H3. The average molecular weight is 212 g/mol. The van der Waals surface area contributed by atoms with Gasteiger partial charge in [0.2, 0.25) is 0 Å². The maximum atomic E-state index is 5.18. The predicted molar refractivity (Wildman–Crippen MR) is 62.1 cm³/mol. The van der Waals surface area contributed by atoms with E-state index in [2.05, 4.69) is 17.1 Å². The van der Waals surface area contributed by atoms with Gasteiger partial charge in [-0.05, 0) is 32.6 Å². The van der Waals surface area contributed by atoms with Crippen LogP contribution in [0.15, 0.2) is 0 Å².